The Morgan fingerprint density at radius 3 is 2.25 bits per heavy atom. The summed E-state index contributed by atoms with van der Waals surface area (Å²) in [6, 6.07) is 24.6. The molecule has 0 aliphatic heterocycles. The first-order valence-electron chi connectivity index (χ1n) is 10.0. The second-order valence-electron chi connectivity index (χ2n) is 8.67. The Morgan fingerprint density at radius 2 is 1.50 bits per heavy atom. The van der Waals surface area contributed by atoms with Crippen molar-refractivity contribution in [3.05, 3.63) is 89.1 Å². The van der Waals surface area contributed by atoms with Gasteiger partial charge in [0.25, 0.3) is 0 Å². The van der Waals surface area contributed by atoms with Gasteiger partial charge in [0.2, 0.25) is 5.69 Å². The van der Waals surface area contributed by atoms with Gasteiger partial charge in [-0.1, -0.05) is 62.4 Å². The van der Waals surface area contributed by atoms with Gasteiger partial charge in [0.15, 0.2) is 5.69 Å². The lowest BCUT2D eigenvalue weighted by Crippen LogP contribution is -2.38. The number of benzene rings is 3. The Balaban J connectivity index is 1.99. The van der Waals surface area contributed by atoms with Crippen molar-refractivity contribution in [3.8, 4) is 22.4 Å². The van der Waals surface area contributed by atoms with Crippen molar-refractivity contribution in [1.29, 1.82) is 0 Å². The van der Waals surface area contributed by atoms with Gasteiger partial charge in [-0.15, -0.1) is 0 Å². The van der Waals surface area contributed by atoms with Gasteiger partial charge < -0.3 is 0 Å². The molecule has 0 amide bonds. The minimum Gasteiger partial charge on any atom is -0.198 e. The Bertz CT molecular complexity index is 1250. The first-order valence-corrected chi connectivity index (χ1v) is 10.0. The summed E-state index contributed by atoms with van der Waals surface area (Å²) in [7, 11) is 2.20. The van der Waals surface area contributed by atoms with E-state index in [1.165, 1.54) is 55.5 Å². The maximum absolute atomic E-state index is 2.42. The molecule has 0 bridgehead atoms. The molecule has 0 N–H and O–H groups in total. The molecule has 0 spiro atoms. The van der Waals surface area contributed by atoms with E-state index >= 15 is 0 Å². The third-order valence-corrected chi connectivity index (χ3v) is 6.60. The number of hydrogen-bond donors (Lipinski definition) is 0. The summed E-state index contributed by atoms with van der Waals surface area (Å²) in [4.78, 5) is 0. The molecule has 4 aromatic rings. The molecule has 1 aromatic heterocycles. The third kappa shape index (κ3) is 2.22. The predicted octanol–water partition coefficient (Wildman–Crippen LogP) is 6.25. The number of nitrogens with zero attached hydrogens (tertiary/aromatic N) is 1. The lowest BCUT2D eigenvalue weighted by Gasteiger charge is -2.34. The summed E-state index contributed by atoms with van der Waals surface area (Å²) < 4.78 is 2.37. The van der Waals surface area contributed by atoms with Gasteiger partial charge in [-0.3, -0.25) is 0 Å². The monoisotopic (exact) mass is 364 g/mol. The molecule has 0 unspecified atom stereocenters. The van der Waals surface area contributed by atoms with Crippen molar-refractivity contribution in [2.45, 2.75) is 33.1 Å². The first-order chi connectivity index (χ1) is 13.4. The topological polar surface area (TPSA) is 3.88 Å². The Labute approximate surface area is 167 Å². The Kier molecular flexibility index (Phi) is 3.55. The smallest absolute Gasteiger partial charge is 0.198 e. The summed E-state index contributed by atoms with van der Waals surface area (Å²) in [5.41, 5.74) is 10.8. The van der Waals surface area contributed by atoms with Gasteiger partial charge in [-0.2, -0.15) is 4.57 Å². The van der Waals surface area contributed by atoms with E-state index in [0.29, 0.717) is 0 Å². The minimum atomic E-state index is -0.0420. The third-order valence-electron chi connectivity index (χ3n) is 6.60. The van der Waals surface area contributed by atoms with E-state index in [1.54, 1.807) is 0 Å². The van der Waals surface area contributed by atoms with Crippen LogP contribution in [-0.2, 0) is 12.5 Å². The molecule has 0 fully saturated rings. The SMILES string of the molecule is Cc1cccc2c1-c1c3c(cc(-c4ccccc4)cc3cc(C)[n+]1C)C2(C)C. The standard InChI is InChI=1S/C27H26N/c1-17-10-9-13-22-24(17)26-25-21(14-18(2)28(26)5)15-20(16-23(25)27(22,3)4)19-11-7-6-8-12-19/h6-16H,1-5H3/q+1. The number of fused-ring (bicyclic) bond motifs is 2. The van der Waals surface area contributed by atoms with Gasteiger partial charge in [0.1, 0.15) is 7.05 Å². The largest absolute Gasteiger partial charge is 0.221 e. The number of pyridine rings is 1. The fraction of sp³-hybridized carbons (Fsp3) is 0.222. The summed E-state index contributed by atoms with van der Waals surface area (Å²) in [5, 5.41) is 2.74. The maximum atomic E-state index is 2.42. The van der Waals surface area contributed by atoms with Crippen LogP contribution in [0.3, 0.4) is 0 Å². The summed E-state index contributed by atoms with van der Waals surface area (Å²) in [6.07, 6.45) is 0. The molecule has 138 valence electrons. The summed E-state index contributed by atoms with van der Waals surface area (Å²) in [6.45, 7) is 9.20. The van der Waals surface area contributed by atoms with Gasteiger partial charge >= 0.3 is 0 Å². The van der Waals surface area contributed by atoms with Crippen LogP contribution in [0.1, 0.15) is 36.2 Å². The number of aromatic nitrogens is 1. The van der Waals surface area contributed by atoms with E-state index < -0.39 is 0 Å². The van der Waals surface area contributed by atoms with Crippen molar-refractivity contribution >= 4 is 10.8 Å². The minimum absolute atomic E-state index is 0.0420. The zero-order valence-corrected chi connectivity index (χ0v) is 17.3. The van der Waals surface area contributed by atoms with Crippen LogP contribution in [0.5, 0.6) is 0 Å². The van der Waals surface area contributed by atoms with Crippen molar-refractivity contribution in [2.75, 3.05) is 0 Å². The average Bonchev–Trinajstić information content (AvgIpc) is 2.69. The lowest BCUT2D eigenvalue weighted by molar-refractivity contribution is -0.665. The predicted molar refractivity (Wildman–Crippen MR) is 118 cm³/mol. The highest BCUT2D eigenvalue weighted by atomic mass is 14.9. The molecule has 1 heterocycles. The van der Waals surface area contributed by atoms with E-state index in [4.69, 9.17) is 0 Å². The highest BCUT2D eigenvalue weighted by molar-refractivity contribution is 6.02. The van der Waals surface area contributed by atoms with Gasteiger partial charge in [0.05, 0.1) is 10.9 Å². The van der Waals surface area contributed by atoms with Crippen LogP contribution in [-0.4, -0.2) is 0 Å². The van der Waals surface area contributed by atoms with E-state index in [-0.39, 0.29) is 5.41 Å². The van der Waals surface area contributed by atoms with Crippen LogP contribution in [0.2, 0.25) is 0 Å². The molecule has 3 aromatic carbocycles. The second kappa shape index (κ2) is 5.78. The van der Waals surface area contributed by atoms with E-state index in [1.807, 2.05) is 0 Å². The van der Waals surface area contributed by atoms with Crippen LogP contribution in [0.25, 0.3) is 33.2 Å². The fourth-order valence-electron chi connectivity index (χ4n) is 4.94. The molecule has 1 aliphatic carbocycles. The van der Waals surface area contributed by atoms with E-state index in [2.05, 4.69) is 106 Å². The Hall–Kier alpha value is -2.93. The van der Waals surface area contributed by atoms with E-state index in [9.17, 15) is 0 Å². The maximum Gasteiger partial charge on any atom is 0.221 e. The van der Waals surface area contributed by atoms with Crippen molar-refractivity contribution in [2.24, 2.45) is 7.05 Å². The van der Waals surface area contributed by atoms with Crippen LogP contribution in [0, 0.1) is 13.8 Å². The molecule has 5 rings (SSSR count). The molecule has 1 heteroatoms. The molecule has 0 saturated carbocycles. The van der Waals surface area contributed by atoms with Crippen molar-refractivity contribution in [1.82, 2.24) is 0 Å². The molecular weight excluding hydrogens is 338 g/mol. The fourth-order valence-corrected chi connectivity index (χ4v) is 4.94. The lowest BCUT2D eigenvalue weighted by atomic mass is 9.68. The molecule has 0 atom stereocenters. The Morgan fingerprint density at radius 1 is 0.750 bits per heavy atom. The summed E-state index contributed by atoms with van der Waals surface area (Å²) >= 11 is 0. The number of rotatable bonds is 1. The van der Waals surface area contributed by atoms with Crippen LogP contribution < -0.4 is 4.57 Å². The summed E-state index contributed by atoms with van der Waals surface area (Å²) in [5.74, 6) is 0. The molecule has 28 heavy (non-hydrogen) atoms. The zero-order chi connectivity index (χ0) is 19.6. The van der Waals surface area contributed by atoms with Crippen molar-refractivity contribution < 1.29 is 4.57 Å². The van der Waals surface area contributed by atoms with Gasteiger partial charge in [-0.05, 0) is 52.3 Å². The molecule has 1 aliphatic rings. The molecule has 0 radical (unpaired) electrons. The van der Waals surface area contributed by atoms with E-state index in [0.717, 1.165) is 0 Å². The van der Waals surface area contributed by atoms with Gasteiger partial charge in [-0.25, -0.2) is 0 Å². The average molecular weight is 365 g/mol. The number of hydrogen-bond acceptors (Lipinski definition) is 0. The first kappa shape index (κ1) is 17.2. The number of aryl methyl sites for hydroxylation is 2. The normalized spacial score (nSPS) is 14.2. The molecular formula is C27H26N+. The second-order valence-corrected chi connectivity index (χ2v) is 8.67. The molecule has 0 saturated heterocycles. The highest BCUT2D eigenvalue weighted by Gasteiger charge is 2.38. The quantitative estimate of drug-likeness (QED) is 0.351. The zero-order valence-electron chi connectivity index (χ0n) is 17.3. The highest BCUT2D eigenvalue weighted by Crippen LogP contribution is 2.49. The van der Waals surface area contributed by atoms with Crippen molar-refractivity contribution in [3.63, 3.8) is 0 Å². The van der Waals surface area contributed by atoms with Crippen LogP contribution in [0.15, 0.2) is 66.7 Å². The van der Waals surface area contributed by atoms with Crippen LogP contribution >= 0.6 is 0 Å². The van der Waals surface area contributed by atoms with Crippen LogP contribution in [0.4, 0.5) is 0 Å². The molecule has 1 nitrogen and oxygen atoms in total. The van der Waals surface area contributed by atoms with Gasteiger partial charge in [0, 0.05) is 18.4 Å².